The van der Waals surface area contributed by atoms with Crippen LogP contribution in [0.2, 0.25) is 0 Å². The first kappa shape index (κ1) is 18.5. The molecule has 0 spiro atoms. The Labute approximate surface area is 108 Å². The number of methoxy groups -OCH3 is 1. The molecule has 1 unspecified atom stereocenters. The molecule has 5 heteroatoms. The molecule has 5 nitrogen and oxygen atoms in total. The summed E-state index contributed by atoms with van der Waals surface area (Å²) in [5, 5.41) is 0. The van der Waals surface area contributed by atoms with Gasteiger partial charge in [-0.3, -0.25) is 0 Å². The first-order valence-corrected chi connectivity index (χ1v) is 5.15. The smallest absolute Gasteiger partial charge is 0.332 e. The topological polar surface area (TPSA) is 65.1 Å². The van der Waals surface area contributed by atoms with Crippen LogP contribution in [0, 0.1) is 0 Å². The first-order chi connectivity index (χ1) is 8.51. The van der Waals surface area contributed by atoms with Gasteiger partial charge in [0.1, 0.15) is 12.7 Å². The Kier molecular flexibility index (Phi) is 11.9. The van der Waals surface area contributed by atoms with Crippen molar-refractivity contribution in [1.82, 2.24) is 0 Å². The van der Waals surface area contributed by atoms with E-state index in [-0.39, 0.29) is 18.0 Å². The predicted molar refractivity (Wildman–Crippen MR) is 69.0 cm³/mol. The molecular weight excluding hydrogens is 236 g/mol. The SMILES string of the molecule is C=C.C=C(C)C(=O)OC.C=CC(=O)OCC1CO1. The van der Waals surface area contributed by atoms with Crippen LogP contribution in [0.3, 0.4) is 0 Å². The van der Waals surface area contributed by atoms with E-state index in [9.17, 15) is 9.59 Å². The molecule has 1 fully saturated rings. The van der Waals surface area contributed by atoms with Gasteiger partial charge < -0.3 is 14.2 Å². The van der Waals surface area contributed by atoms with Crippen molar-refractivity contribution in [2.24, 2.45) is 0 Å². The van der Waals surface area contributed by atoms with Crippen molar-refractivity contribution in [3.05, 3.63) is 38.0 Å². The van der Waals surface area contributed by atoms with Gasteiger partial charge in [0.05, 0.1) is 13.7 Å². The lowest BCUT2D eigenvalue weighted by Crippen LogP contribution is -2.06. The molecule has 0 N–H and O–H groups in total. The third kappa shape index (κ3) is 12.2. The highest BCUT2D eigenvalue weighted by atomic mass is 16.6. The van der Waals surface area contributed by atoms with Crippen LogP contribution >= 0.6 is 0 Å². The molecular formula is C13H20O5. The van der Waals surface area contributed by atoms with E-state index < -0.39 is 0 Å². The maximum atomic E-state index is 10.3. The summed E-state index contributed by atoms with van der Waals surface area (Å²) in [6.07, 6.45) is 1.29. The summed E-state index contributed by atoms with van der Waals surface area (Å²) < 4.78 is 13.7. The second-order valence-corrected chi connectivity index (χ2v) is 3.06. The minimum Gasteiger partial charge on any atom is -0.466 e. The Morgan fingerprint density at radius 2 is 1.94 bits per heavy atom. The van der Waals surface area contributed by atoms with Crippen LogP contribution in [-0.2, 0) is 23.8 Å². The van der Waals surface area contributed by atoms with Gasteiger partial charge in [-0.25, -0.2) is 9.59 Å². The van der Waals surface area contributed by atoms with Crippen molar-refractivity contribution in [1.29, 1.82) is 0 Å². The molecule has 0 radical (unpaired) electrons. The lowest BCUT2D eigenvalue weighted by Gasteiger charge is -1.94. The highest BCUT2D eigenvalue weighted by Gasteiger charge is 2.23. The molecule has 0 bridgehead atoms. The van der Waals surface area contributed by atoms with Crippen LogP contribution in [0.4, 0.5) is 0 Å². The third-order valence-corrected chi connectivity index (χ3v) is 1.51. The quantitative estimate of drug-likeness (QED) is 0.331. The van der Waals surface area contributed by atoms with Crippen LogP contribution in [0.1, 0.15) is 6.92 Å². The van der Waals surface area contributed by atoms with Gasteiger partial charge >= 0.3 is 11.9 Å². The molecule has 0 amide bonds. The Balaban J connectivity index is 0. The molecule has 1 heterocycles. The van der Waals surface area contributed by atoms with E-state index in [1.54, 1.807) is 6.92 Å². The zero-order valence-electron chi connectivity index (χ0n) is 10.9. The lowest BCUT2D eigenvalue weighted by atomic mass is 10.4. The largest absolute Gasteiger partial charge is 0.466 e. The fourth-order valence-electron chi connectivity index (χ4n) is 0.573. The number of hydrogen-bond donors (Lipinski definition) is 0. The van der Waals surface area contributed by atoms with Crippen molar-refractivity contribution >= 4 is 11.9 Å². The van der Waals surface area contributed by atoms with Gasteiger partial charge in [0.25, 0.3) is 0 Å². The summed E-state index contributed by atoms with van der Waals surface area (Å²) in [5.74, 6) is -0.731. The maximum Gasteiger partial charge on any atom is 0.332 e. The number of ether oxygens (including phenoxy) is 3. The second-order valence-electron chi connectivity index (χ2n) is 3.06. The molecule has 1 aliphatic heterocycles. The Hall–Kier alpha value is -1.88. The first-order valence-electron chi connectivity index (χ1n) is 5.15. The van der Waals surface area contributed by atoms with E-state index >= 15 is 0 Å². The van der Waals surface area contributed by atoms with Crippen LogP contribution in [-0.4, -0.2) is 38.4 Å². The van der Waals surface area contributed by atoms with Crippen LogP contribution in [0.15, 0.2) is 38.0 Å². The number of hydrogen-bond acceptors (Lipinski definition) is 5. The molecule has 1 saturated heterocycles. The summed E-state index contributed by atoms with van der Waals surface area (Å²) in [4.78, 5) is 20.5. The summed E-state index contributed by atoms with van der Waals surface area (Å²) in [6, 6.07) is 0. The Bertz CT molecular complexity index is 292. The Morgan fingerprint density at radius 3 is 2.17 bits per heavy atom. The molecule has 0 saturated carbocycles. The van der Waals surface area contributed by atoms with Crippen molar-refractivity contribution < 1.29 is 23.8 Å². The van der Waals surface area contributed by atoms with E-state index in [2.05, 4.69) is 35.8 Å². The molecule has 1 aliphatic rings. The van der Waals surface area contributed by atoms with Gasteiger partial charge in [0.15, 0.2) is 0 Å². The van der Waals surface area contributed by atoms with E-state index in [4.69, 9.17) is 4.74 Å². The maximum absolute atomic E-state index is 10.3. The molecule has 18 heavy (non-hydrogen) atoms. The minimum absolute atomic E-state index is 0.147. The predicted octanol–water partition coefficient (Wildman–Crippen LogP) is 1.65. The molecule has 1 atom stereocenters. The number of esters is 2. The van der Waals surface area contributed by atoms with Gasteiger partial charge in [-0.15, -0.1) is 13.2 Å². The minimum atomic E-state index is -0.384. The summed E-state index contributed by atoms with van der Waals surface area (Å²) in [7, 11) is 1.33. The van der Waals surface area contributed by atoms with Crippen LogP contribution in [0.5, 0.6) is 0 Å². The van der Waals surface area contributed by atoms with E-state index in [1.807, 2.05) is 0 Å². The summed E-state index contributed by atoms with van der Waals surface area (Å²) in [6.45, 7) is 15.3. The zero-order valence-corrected chi connectivity index (χ0v) is 10.9. The van der Waals surface area contributed by atoms with Crippen molar-refractivity contribution in [2.45, 2.75) is 13.0 Å². The zero-order chi connectivity index (χ0) is 14.6. The fourth-order valence-corrected chi connectivity index (χ4v) is 0.573. The number of rotatable bonds is 4. The van der Waals surface area contributed by atoms with E-state index in [1.165, 1.54) is 7.11 Å². The highest BCUT2D eigenvalue weighted by Crippen LogP contribution is 2.08. The number of carbonyl (C=O) groups excluding carboxylic acids is 2. The average Bonchev–Trinajstić information content (AvgIpc) is 3.21. The monoisotopic (exact) mass is 256 g/mol. The highest BCUT2D eigenvalue weighted by molar-refractivity contribution is 5.86. The van der Waals surface area contributed by atoms with Gasteiger partial charge in [0.2, 0.25) is 0 Å². The van der Waals surface area contributed by atoms with Gasteiger partial charge in [0, 0.05) is 11.6 Å². The van der Waals surface area contributed by atoms with Gasteiger partial charge in [-0.1, -0.05) is 13.2 Å². The van der Waals surface area contributed by atoms with Crippen LogP contribution in [0.25, 0.3) is 0 Å². The molecule has 102 valence electrons. The number of carbonyl (C=O) groups is 2. The third-order valence-electron chi connectivity index (χ3n) is 1.51. The van der Waals surface area contributed by atoms with Crippen molar-refractivity contribution in [3.63, 3.8) is 0 Å². The fraction of sp³-hybridized carbons (Fsp3) is 0.385. The van der Waals surface area contributed by atoms with Gasteiger partial charge in [-0.2, -0.15) is 0 Å². The molecule has 0 aromatic carbocycles. The average molecular weight is 256 g/mol. The normalized spacial score (nSPS) is 14.7. The van der Waals surface area contributed by atoms with Crippen molar-refractivity contribution in [3.8, 4) is 0 Å². The standard InChI is InChI=1S/C6H8O3.C5H8O2.C2H4/c1-2-6(7)9-4-5-3-8-5;1-4(2)5(6)7-3;1-2/h2,5H,1,3-4H2;1H2,2-3H3;1-2H2. The summed E-state index contributed by atoms with van der Waals surface area (Å²) >= 11 is 0. The van der Waals surface area contributed by atoms with E-state index in [0.29, 0.717) is 18.8 Å². The molecule has 0 aliphatic carbocycles. The molecule has 1 rings (SSSR count). The molecule has 0 aromatic heterocycles. The van der Waals surface area contributed by atoms with Gasteiger partial charge in [-0.05, 0) is 6.92 Å². The summed E-state index contributed by atoms with van der Waals surface area (Å²) in [5.41, 5.74) is 0.433. The van der Waals surface area contributed by atoms with Crippen molar-refractivity contribution in [2.75, 3.05) is 20.3 Å². The Morgan fingerprint density at radius 1 is 1.44 bits per heavy atom. The van der Waals surface area contributed by atoms with E-state index in [0.717, 1.165) is 6.08 Å². The second kappa shape index (κ2) is 11.6. The number of epoxide rings is 1. The van der Waals surface area contributed by atoms with Crippen LogP contribution < -0.4 is 0 Å². The molecule has 0 aromatic rings. The lowest BCUT2D eigenvalue weighted by molar-refractivity contribution is -0.138.